The van der Waals surface area contributed by atoms with E-state index in [1.54, 1.807) is 12.1 Å². The van der Waals surface area contributed by atoms with E-state index < -0.39 is 0 Å². The summed E-state index contributed by atoms with van der Waals surface area (Å²) in [6.07, 6.45) is 0.630. The van der Waals surface area contributed by atoms with Crippen molar-refractivity contribution in [1.29, 1.82) is 0 Å². The Bertz CT molecular complexity index is 461. The number of nitrogens with one attached hydrogen (secondary N) is 2. The molecule has 1 atom stereocenters. The summed E-state index contributed by atoms with van der Waals surface area (Å²) in [5.74, 6) is 0.569. The van der Waals surface area contributed by atoms with Gasteiger partial charge in [-0.25, -0.2) is 0 Å². The molecule has 1 amide bonds. The molecule has 1 aromatic rings. The smallest absolute Gasteiger partial charge is 0.223 e. The van der Waals surface area contributed by atoms with Crippen molar-refractivity contribution in [3.05, 3.63) is 33.8 Å². The molecule has 1 unspecified atom stereocenters. The number of benzene rings is 1. The standard InChI is InChI=1S/C14H18Cl2N2O/c1-9(14(19)18-8-10-6-17-7-10)4-11-2-3-12(15)5-13(11)16/h2-3,5,9-10,17H,4,6-8H2,1H3,(H,18,19). The van der Waals surface area contributed by atoms with Gasteiger partial charge in [0.05, 0.1) is 0 Å². The predicted octanol–water partition coefficient (Wildman–Crippen LogP) is 2.51. The zero-order chi connectivity index (χ0) is 13.8. The molecule has 5 heteroatoms. The summed E-state index contributed by atoms with van der Waals surface area (Å²) in [5, 5.41) is 7.41. The molecule has 1 aliphatic rings. The summed E-state index contributed by atoms with van der Waals surface area (Å²) in [6, 6.07) is 5.39. The Labute approximate surface area is 123 Å². The summed E-state index contributed by atoms with van der Waals surface area (Å²) in [5.41, 5.74) is 0.957. The first-order valence-electron chi connectivity index (χ1n) is 6.48. The molecule has 2 rings (SSSR count). The van der Waals surface area contributed by atoms with E-state index in [9.17, 15) is 4.79 Å². The van der Waals surface area contributed by atoms with Crippen LogP contribution in [0, 0.1) is 11.8 Å². The third-order valence-electron chi connectivity index (χ3n) is 3.42. The van der Waals surface area contributed by atoms with Crippen molar-refractivity contribution in [2.45, 2.75) is 13.3 Å². The fourth-order valence-electron chi connectivity index (χ4n) is 2.02. The van der Waals surface area contributed by atoms with Crippen LogP contribution in [0.4, 0.5) is 0 Å². The predicted molar refractivity (Wildman–Crippen MR) is 78.7 cm³/mol. The molecular formula is C14H18Cl2N2O. The SMILES string of the molecule is CC(Cc1ccc(Cl)cc1Cl)C(=O)NCC1CNC1. The van der Waals surface area contributed by atoms with Crippen molar-refractivity contribution in [2.24, 2.45) is 11.8 Å². The van der Waals surface area contributed by atoms with E-state index in [1.165, 1.54) is 0 Å². The van der Waals surface area contributed by atoms with Crippen LogP contribution in [0.3, 0.4) is 0 Å². The number of carbonyl (C=O) groups is 1. The summed E-state index contributed by atoms with van der Waals surface area (Å²) < 4.78 is 0. The molecule has 1 aliphatic heterocycles. The molecule has 104 valence electrons. The van der Waals surface area contributed by atoms with Crippen LogP contribution in [0.5, 0.6) is 0 Å². The molecule has 1 aromatic carbocycles. The number of carbonyl (C=O) groups excluding carboxylic acids is 1. The number of rotatable bonds is 5. The molecule has 0 bridgehead atoms. The maximum Gasteiger partial charge on any atom is 0.223 e. The van der Waals surface area contributed by atoms with Crippen molar-refractivity contribution in [3.8, 4) is 0 Å². The van der Waals surface area contributed by atoms with Crippen LogP contribution in [0.25, 0.3) is 0 Å². The van der Waals surface area contributed by atoms with Crippen molar-refractivity contribution >= 4 is 29.1 Å². The van der Waals surface area contributed by atoms with Gasteiger partial charge in [0.15, 0.2) is 0 Å². The third kappa shape index (κ3) is 4.10. The molecule has 0 aliphatic carbocycles. The van der Waals surface area contributed by atoms with Crippen LogP contribution >= 0.6 is 23.2 Å². The van der Waals surface area contributed by atoms with Gasteiger partial charge >= 0.3 is 0 Å². The fourth-order valence-corrected chi connectivity index (χ4v) is 2.51. The Morgan fingerprint density at radius 2 is 2.21 bits per heavy atom. The lowest BCUT2D eigenvalue weighted by atomic mass is 9.99. The van der Waals surface area contributed by atoms with E-state index in [4.69, 9.17) is 23.2 Å². The van der Waals surface area contributed by atoms with Crippen LogP contribution in [-0.2, 0) is 11.2 Å². The lowest BCUT2D eigenvalue weighted by Crippen LogP contribution is -2.48. The zero-order valence-electron chi connectivity index (χ0n) is 10.9. The minimum absolute atomic E-state index is 0.0814. The Balaban J connectivity index is 1.84. The lowest BCUT2D eigenvalue weighted by molar-refractivity contribution is -0.124. The van der Waals surface area contributed by atoms with E-state index in [-0.39, 0.29) is 11.8 Å². The maximum atomic E-state index is 12.0. The first-order chi connectivity index (χ1) is 9.06. The molecular weight excluding hydrogens is 283 g/mol. The van der Waals surface area contributed by atoms with E-state index in [2.05, 4.69) is 10.6 Å². The molecule has 0 radical (unpaired) electrons. The molecule has 1 saturated heterocycles. The number of hydrogen-bond donors (Lipinski definition) is 2. The van der Waals surface area contributed by atoms with E-state index >= 15 is 0 Å². The highest BCUT2D eigenvalue weighted by molar-refractivity contribution is 6.35. The van der Waals surface area contributed by atoms with E-state index in [0.717, 1.165) is 25.2 Å². The highest BCUT2D eigenvalue weighted by Gasteiger charge is 2.20. The molecule has 3 nitrogen and oxygen atoms in total. The van der Waals surface area contributed by atoms with Crippen molar-refractivity contribution in [2.75, 3.05) is 19.6 Å². The molecule has 0 saturated carbocycles. The van der Waals surface area contributed by atoms with Gasteiger partial charge in [-0.3, -0.25) is 4.79 Å². The van der Waals surface area contributed by atoms with Gasteiger partial charge in [0.2, 0.25) is 5.91 Å². The van der Waals surface area contributed by atoms with E-state index in [1.807, 2.05) is 13.0 Å². The van der Waals surface area contributed by atoms with Gasteiger partial charge in [-0.15, -0.1) is 0 Å². The number of amides is 1. The molecule has 0 aromatic heterocycles. The first kappa shape index (κ1) is 14.6. The maximum absolute atomic E-state index is 12.0. The summed E-state index contributed by atoms with van der Waals surface area (Å²) in [4.78, 5) is 12.0. The third-order valence-corrected chi connectivity index (χ3v) is 4.01. The molecule has 0 spiro atoms. The zero-order valence-corrected chi connectivity index (χ0v) is 12.4. The molecule has 19 heavy (non-hydrogen) atoms. The number of hydrogen-bond acceptors (Lipinski definition) is 2. The van der Waals surface area contributed by atoms with Gasteiger partial charge in [-0.05, 0) is 24.1 Å². The highest BCUT2D eigenvalue weighted by Crippen LogP contribution is 2.23. The Kier molecular flexibility index (Phi) is 5.08. The molecule has 1 fully saturated rings. The lowest BCUT2D eigenvalue weighted by Gasteiger charge is -2.27. The summed E-state index contributed by atoms with van der Waals surface area (Å²) in [6.45, 7) is 4.67. The van der Waals surface area contributed by atoms with Gasteiger partial charge < -0.3 is 10.6 Å². The average Bonchev–Trinajstić information content (AvgIpc) is 2.30. The largest absolute Gasteiger partial charge is 0.355 e. The Morgan fingerprint density at radius 1 is 1.47 bits per heavy atom. The van der Waals surface area contributed by atoms with Gasteiger partial charge in [-0.1, -0.05) is 36.2 Å². The van der Waals surface area contributed by atoms with Crippen LogP contribution in [0.1, 0.15) is 12.5 Å². The molecule has 1 heterocycles. The summed E-state index contributed by atoms with van der Waals surface area (Å²) >= 11 is 12.0. The first-order valence-corrected chi connectivity index (χ1v) is 7.24. The van der Waals surface area contributed by atoms with Crippen LogP contribution in [-0.4, -0.2) is 25.5 Å². The second-order valence-electron chi connectivity index (χ2n) is 5.11. The van der Waals surface area contributed by atoms with Crippen molar-refractivity contribution < 1.29 is 4.79 Å². The molecule has 2 N–H and O–H groups in total. The quantitative estimate of drug-likeness (QED) is 0.877. The monoisotopic (exact) mass is 300 g/mol. The number of halogens is 2. The Hall–Kier alpha value is -0.770. The topological polar surface area (TPSA) is 41.1 Å². The minimum Gasteiger partial charge on any atom is -0.355 e. The van der Waals surface area contributed by atoms with Crippen LogP contribution in [0.2, 0.25) is 10.0 Å². The van der Waals surface area contributed by atoms with Crippen LogP contribution < -0.4 is 10.6 Å². The fraction of sp³-hybridized carbons (Fsp3) is 0.500. The van der Waals surface area contributed by atoms with Crippen molar-refractivity contribution in [1.82, 2.24) is 10.6 Å². The van der Waals surface area contributed by atoms with Gasteiger partial charge in [0, 0.05) is 41.5 Å². The second-order valence-corrected chi connectivity index (χ2v) is 5.95. The highest BCUT2D eigenvalue weighted by atomic mass is 35.5. The normalized spacial score (nSPS) is 16.8. The van der Waals surface area contributed by atoms with E-state index in [0.29, 0.717) is 22.4 Å². The summed E-state index contributed by atoms with van der Waals surface area (Å²) in [7, 11) is 0. The van der Waals surface area contributed by atoms with Gasteiger partial charge in [-0.2, -0.15) is 0 Å². The van der Waals surface area contributed by atoms with Crippen LogP contribution in [0.15, 0.2) is 18.2 Å². The van der Waals surface area contributed by atoms with Gasteiger partial charge in [0.1, 0.15) is 0 Å². The second kappa shape index (κ2) is 6.60. The Morgan fingerprint density at radius 3 is 2.79 bits per heavy atom. The average molecular weight is 301 g/mol. The minimum atomic E-state index is -0.0910. The van der Waals surface area contributed by atoms with Gasteiger partial charge in [0.25, 0.3) is 0 Å². The van der Waals surface area contributed by atoms with Crippen molar-refractivity contribution in [3.63, 3.8) is 0 Å².